The van der Waals surface area contributed by atoms with Crippen LogP contribution in [0.4, 0.5) is 10.5 Å². The molecule has 1 heterocycles. The molecule has 0 spiro atoms. The van der Waals surface area contributed by atoms with Crippen molar-refractivity contribution in [2.75, 3.05) is 18.5 Å². The van der Waals surface area contributed by atoms with Crippen LogP contribution in [0.2, 0.25) is 5.02 Å². The minimum atomic E-state index is -0.538. The summed E-state index contributed by atoms with van der Waals surface area (Å²) in [6.45, 7) is 3.05. The van der Waals surface area contributed by atoms with Crippen molar-refractivity contribution in [1.82, 2.24) is 5.32 Å². The average Bonchev–Trinajstić information content (AvgIpc) is 2.60. The Morgan fingerprint density at radius 1 is 1.15 bits per heavy atom. The maximum absolute atomic E-state index is 12.0. The Morgan fingerprint density at radius 3 is 2.41 bits per heavy atom. The van der Waals surface area contributed by atoms with Crippen LogP contribution < -0.4 is 10.6 Å². The largest absolute Gasteiger partial charge is 0.444 e. The Morgan fingerprint density at radius 2 is 1.81 bits per heavy atom. The third-order valence-electron chi connectivity index (χ3n) is 4.31. The van der Waals surface area contributed by atoms with E-state index in [0.29, 0.717) is 23.9 Å². The van der Waals surface area contributed by atoms with Gasteiger partial charge in [-0.05, 0) is 42.3 Å². The predicted molar refractivity (Wildman–Crippen MR) is 103 cm³/mol. The van der Waals surface area contributed by atoms with Crippen molar-refractivity contribution in [3.63, 3.8) is 0 Å². The van der Waals surface area contributed by atoms with E-state index < -0.39 is 6.09 Å². The highest BCUT2D eigenvalue weighted by Gasteiger charge is 2.27. The summed E-state index contributed by atoms with van der Waals surface area (Å²) in [5.74, 6) is -0.0504. The molecule has 3 rings (SSSR count). The molecule has 0 aromatic heterocycles. The first-order valence-electron chi connectivity index (χ1n) is 8.67. The molecule has 1 aliphatic rings. The number of amides is 2. The number of halogens is 1. The zero-order valence-corrected chi connectivity index (χ0v) is 15.7. The molecule has 6 nitrogen and oxygen atoms in total. The highest BCUT2D eigenvalue weighted by Crippen LogP contribution is 2.18. The maximum atomic E-state index is 12.0. The van der Waals surface area contributed by atoms with Gasteiger partial charge in [0.1, 0.15) is 6.61 Å². The van der Waals surface area contributed by atoms with Gasteiger partial charge in [0.15, 0.2) is 0 Å². The fourth-order valence-electron chi connectivity index (χ4n) is 2.54. The van der Waals surface area contributed by atoms with Gasteiger partial charge in [-0.2, -0.15) is 0 Å². The molecule has 0 radical (unpaired) electrons. The molecule has 27 heavy (non-hydrogen) atoms. The molecule has 2 aromatic carbocycles. The van der Waals surface area contributed by atoms with E-state index in [1.807, 2.05) is 19.1 Å². The standard InChI is InChI=1S/C20H21ClN2O4/c1-13(22-19(24)16-11-26-12-16)15-4-8-18(9-5-15)23-20(25)27-10-14-2-6-17(21)7-3-14/h2-9,13,16H,10-12H2,1H3,(H,22,24)(H,23,25)/t13-/m0/s1. The van der Waals surface area contributed by atoms with E-state index in [1.54, 1.807) is 36.4 Å². The Hall–Kier alpha value is -2.57. The minimum Gasteiger partial charge on any atom is -0.444 e. The van der Waals surface area contributed by atoms with Crippen LogP contribution in [0.25, 0.3) is 0 Å². The number of hydrogen-bond acceptors (Lipinski definition) is 4. The van der Waals surface area contributed by atoms with Gasteiger partial charge in [-0.1, -0.05) is 35.9 Å². The van der Waals surface area contributed by atoms with E-state index in [2.05, 4.69) is 10.6 Å². The summed E-state index contributed by atoms with van der Waals surface area (Å²) in [5.41, 5.74) is 2.42. The minimum absolute atomic E-state index is 0.00160. The Bertz CT molecular complexity index is 789. The SMILES string of the molecule is C[C@H](NC(=O)C1COC1)c1ccc(NC(=O)OCc2ccc(Cl)cc2)cc1. The van der Waals surface area contributed by atoms with Crippen LogP contribution in [-0.2, 0) is 20.9 Å². The first kappa shape index (κ1) is 19.2. The summed E-state index contributed by atoms with van der Waals surface area (Å²) < 4.78 is 10.2. The molecular weight excluding hydrogens is 368 g/mol. The second kappa shape index (κ2) is 8.88. The smallest absolute Gasteiger partial charge is 0.411 e. The normalized spacial score (nSPS) is 14.7. The number of hydrogen-bond donors (Lipinski definition) is 2. The van der Waals surface area contributed by atoms with Crippen LogP contribution in [0.15, 0.2) is 48.5 Å². The fourth-order valence-corrected chi connectivity index (χ4v) is 2.67. The van der Waals surface area contributed by atoms with E-state index in [-0.39, 0.29) is 24.5 Å². The van der Waals surface area contributed by atoms with Crippen molar-refractivity contribution >= 4 is 29.3 Å². The summed E-state index contributed by atoms with van der Waals surface area (Å²) >= 11 is 5.82. The second-order valence-corrected chi connectivity index (χ2v) is 6.85. The Labute approximate surface area is 162 Å². The van der Waals surface area contributed by atoms with Crippen molar-refractivity contribution in [2.24, 2.45) is 5.92 Å². The Kier molecular flexibility index (Phi) is 6.32. The van der Waals surface area contributed by atoms with Gasteiger partial charge in [0.2, 0.25) is 5.91 Å². The molecular formula is C20H21ClN2O4. The fraction of sp³-hybridized carbons (Fsp3) is 0.300. The monoisotopic (exact) mass is 388 g/mol. The number of benzene rings is 2. The third kappa shape index (κ3) is 5.45. The molecule has 1 aliphatic heterocycles. The van der Waals surface area contributed by atoms with Crippen molar-refractivity contribution in [3.8, 4) is 0 Å². The van der Waals surface area contributed by atoms with Crippen molar-refractivity contribution in [3.05, 3.63) is 64.7 Å². The zero-order chi connectivity index (χ0) is 19.2. The van der Waals surface area contributed by atoms with E-state index >= 15 is 0 Å². The van der Waals surface area contributed by atoms with E-state index in [1.165, 1.54) is 0 Å². The first-order chi connectivity index (χ1) is 13.0. The van der Waals surface area contributed by atoms with Gasteiger partial charge in [0.25, 0.3) is 0 Å². The summed E-state index contributed by atoms with van der Waals surface area (Å²) in [4.78, 5) is 23.9. The Balaban J connectivity index is 1.47. The summed E-state index contributed by atoms with van der Waals surface area (Å²) in [6.07, 6.45) is -0.538. The van der Waals surface area contributed by atoms with Crippen LogP contribution in [-0.4, -0.2) is 25.2 Å². The quantitative estimate of drug-likeness (QED) is 0.786. The number of carbonyl (C=O) groups is 2. The molecule has 142 valence electrons. The van der Waals surface area contributed by atoms with Gasteiger partial charge in [-0.15, -0.1) is 0 Å². The van der Waals surface area contributed by atoms with Crippen molar-refractivity contribution < 1.29 is 19.1 Å². The molecule has 0 bridgehead atoms. The molecule has 0 unspecified atom stereocenters. The van der Waals surface area contributed by atoms with Gasteiger partial charge >= 0.3 is 6.09 Å². The molecule has 1 saturated heterocycles. The zero-order valence-electron chi connectivity index (χ0n) is 14.9. The molecule has 2 amide bonds. The molecule has 0 saturated carbocycles. The van der Waals surface area contributed by atoms with Crippen molar-refractivity contribution in [2.45, 2.75) is 19.6 Å². The summed E-state index contributed by atoms with van der Waals surface area (Å²) in [6, 6.07) is 14.2. The molecule has 1 fully saturated rings. The van der Waals surface area contributed by atoms with Gasteiger partial charge in [-0.3, -0.25) is 10.1 Å². The highest BCUT2D eigenvalue weighted by molar-refractivity contribution is 6.30. The number of rotatable bonds is 6. The van der Waals surface area contributed by atoms with Crippen LogP contribution in [0.3, 0.4) is 0 Å². The molecule has 2 N–H and O–H groups in total. The van der Waals surface area contributed by atoms with Crippen LogP contribution in [0, 0.1) is 5.92 Å². The summed E-state index contributed by atoms with van der Waals surface area (Å²) in [5, 5.41) is 6.27. The van der Waals surface area contributed by atoms with Gasteiger partial charge in [0, 0.05) is 10.7 Å². The highest BCUT2D eigenvalue weighted by atomic mass is 35.5. The van der Waals surface area contributed by atoms with E-state index in [4.69, 9.17) is 21.1 Å². The summed E-state index contributed by atoms with van der Waals surface area (Å²) in [7, 11) is 0. The number of anilines is 1. The molecule has 7 heteroatoms. The lowest BCUT2D eigenvalue weighted by Crippen LogP contribution is -2.43. The molecule has 2 aromatic rings. The lowest BCUT2D eigenvalue weighted by atomic mass is 10.0. The predicted octanol–water partition coefficient (Wildman–Crippen LogP) is 3.91. The van der Waals surface area contributed by atoms with Crippen LogP contribution >= 0.6 is 11.6 Å². The first-order valence-corrected chi connectivity index (χ1v) is 9.05. The molecule has 0 aliphatic carbocycles. The lowest BCUT2D eigenvalue weighted by molar-refractivity contribution is -0.139. The molecule has 1 atom stereocenters. The van der Waals surface area contributed by atoms with Gasteiger partial charge < -0.3 is 14.8 Å². The van der Waals surface area contributed by atoms with Crippen LogP contribution in [0.1, 0.15) is 24.1 Å². The number of ether oxygens (including phenoxy) is 2. The second-order valence-electron chi connectivity index (χ2n) is 6.41. The number of carbonyl (C=O) groups excluding carboxylic acids is 2. The van der Waals surface area contributed by atoms with E-state index in [0.717, 1.165) is 11.1 Å². The topological polar surface area (TPSA) is 76.7 Å². The average molecular weight is 389 g/mol. The van der Waals surface area contributed by atoms with Gasteiger partial charge in [0.05, 0.1) is 25.2 Å². The lowest BCUT2D eigenvalue weighted by Gasteiger charge is -2.26. The van der Waals surface area contributed by atoms with Gasteiger partial charge in [-0.25, -0.2) is 4.79 Å². The maximum Gasteiger partial charge on any atom is 0.411 e. The number of nitrogens with one attached hydrogen (secondary N) is 2. The van der Waals surface area contributed by atoms with Crippen LogP contribution in [0.5, 0.6) is 0 Å². The van der Waals surface area contributed by atoms with Crippen molar-refractivity contribution in [1.29, 1.82) is 0 Å². The van der Waals surface area contributed by atoms with E-state index in [9.17, 15) is 9.59 Å². The third-order valence-corrected chi connectivity index (χ3v) is 4.56.